The van der Waals surface area contributed by atoms with E-state index in [1.807, 2.05) is 0 Å². The van der Waals surface area contributed by atoms with Crippen LogP contribution >= 0.6 is 0 Å². The SMILES string of the molecule is c1ccc(-c2ccc(-c3cccc(-c4nc(-c5ccc6ccccc6c5)nc(-c5cccc6ccccc56)n4)c3)c(-c3ccccc3)c2)cc1. The Balaban J connectivity index is 1.22. The highest BCUT2D eigenvalue weighted by Crippen LogP contribution is 2.38. The van der Waals surface area contributed by atoms with Crippen molar-refractivity contribution in [2.75, 3.05) is 0 Å². The van der Waals surface area contributed by atoms with Crippen LogP contribution in [0.3, 0.4) is 0 Å². The molecule has 0 radical (unpaired) electrons. The van der Waals surface area contributed by atoms with Crippen LogP contribution in [0.4, 0.5) is 0 Å². The molecule has 9 rings (SSSR count). The van der Waals surface area contributed by atoms with Crippen molar-refractivity contribution in [2.45, 2.75) is 0 Å². The molecule has 8 aromatic carbocycles. The third-order valence-corrected chi connectivity index (χ3v) is 9.32. The van der Waals surface area contributed by atoms with Crippen molar-refractivity contribution < 1.29 is 0 Å². The van der Waals surface area contributed by atoms with Crippen molar-refractivity contribution >= 4 is 21.5 Å². The summed E-state index contributed by atoms with van der Waals surface area (Å²) in [6, 6.07) is 65.9. The standard InChI is InChI=1S/C47H31N3/c1-3-13-32(14-4-1)37-27-28-42(44(31-37)35-16-5-2-6-17-35)38-21-11-22-39(30-38)45-48-46(40-26-25-33-15-7-8-19-36(33)29-40)50-47(49-45)43-24-12-20-34-18-9-10-23-41(34)43/h1-31H. The monoisotopic (exact) mass is 637 g/mol. The number of hydrogen-bond donors (Lipinski definition) is 0. The van der Waals surface area contributed by atoms with Crippen LogP contribution in [0, 0.1) is 0 Å². The van der Waals surface area contributed by atoms with E-state index in [0.717, 1.165) is 44.0 Å². The molecule has 0 aliphatic rings. The Kier molecular flexibility index (Phi) is 7.49. The zero-order valence-electron chi connectivity index (χ0n) is 27.2. The summed E-state index contributed by atoms with van der Waals surface area (Å²) in [5.41, 5.74) is 9.83. The fourth-order valence-electron chi connectivity index (χ4n) is 6.79. The number of rotatable bonds is 6. The first-order valence-corrected chi connectivity index (χ1v) is 16.9. The Hall–Kier alpha value is -6.71. The third kappa shape index (κ3) is 5.61. The predicted molar refractivity (Wildman–Crippen MR) is 207 cm³/mol. The molecule has 0 spiro atoms. The Labute approximate surface area is 291 Å². The molecular weight excluding hydrogens is 607 g/mol. The minimum atomic E-state index is 0.634. The van der Waals surface area contributed by atoms with Crippen LogP contribution in [0.15, 0.2) is 188 Å². The van der Waals surface area contributed by atoms with E-state index >= 15 is 0 Å². The molecule has 1 aromatic heterocycles. The van der Waals surface area contributed by atoms with Crippen molar-refractivity contribution in [3.05, 3.63) is 188 Å². The Morgan fingerprint density at radius 3 is 1.60 bits per heavy atom. The zero-order chi connectivity index (χ0) is 33.3. The molecule has 0 fully saturated rings. The van der Waals surface area contributed by atoms with Gasteiger partial charge in [-0.25, -0.2) is 15.0 Å². The summed E-state index contributed by atoms with van der Waals surface area (Å²) in [4.78, 5) is 15.4. The second-order valence-corrected chi connectivity index (χ2v) is 12.5. The smallest absolute Gasteiger partial charge is 0.164 e. The second kappa shape index (κ2) is 12.7. The highest BCUT2D eigenvalue weighted by atomic mass is 15.0. The van der Waals surface area contributed by atoms with Gasteiger partial charge in [0, 0.05) is 16.7 Å². The minimum absolute atomic E-state index is 0.634. The number of benzene rings is 8. The fourth-order valence-corrected chi connectivity index (χ4v) is 6.79. The molecular formula is C47H31N3. The van der Waals surface area contributed by atoms with E-state index in [1.165, 1.54) is 27.6 Å². The second-order valence-electron chi connectivity index (χ2n) is 12.5. The molecule has 3 heteroatoms. The molecule has 0 N–H and O–H groups in total. The van der Waals surface area contributed by atoms with Gasteiger partial charge in [0.2, 0.25) is 0 Å². The number of aromatic nitrogens is 3. The van der Waals surface area contributed by atoms with E-state index < -0.39 is 0 Å². The molecule has 0 saturated carbocycles. The average Bonchev–Trinajstić information content (AvgIpc) is 3.21. The van der Waals surface area contributed by atoms with Crippen molar-refractivity contribution in [1.82, 2.24) is 15.0 Å². The number of fused-ring (bicyclic) bond motifs is 2. The molecule has 0 bridgehead atoms. The van der Waals surface area contributed by atoms with Crippen LogP contribution in [-0.4, -0.2) is 15.0 Å². The van der Waals surface area contributed by atoms with Gasteiger partial charge in [-0.1, -0.05) is 170 Å². The molecule has 0 aliphatic heterocycles. The van der Waals surface area contributed by atoms with Gasteiger partial charge in [0.1, 0.15) is 0 Å². The van der Waals surface area contributed by atoms with Crippen LogP contribution in [-0.2, 0) is 0 Å². The van der Waals surface area contributed by atoms with Gasteiger partial charge in [-0.15, -0.1) is 0 Å². The highest BCUT2D eigenvalue weighted by Gasteiger charge is 2.16. The molecule has 3 nitrogen and oxygen atoms in total. The van der Waals surface area contributed by atoms with Gasteiger partial charge >= 0.3 is 0 Å². The van der Waals surface area contributed by atoms with Gasteiger partial charge in [0.25, 0.3) is 0 Å². The first kappa shape index (κ1) is 29.4. The lowest BCUT2D eigenvalue weighted by Gasteiger charge is -2.15. The zero-order valence-corrected chi connectivity index (χ0v) is 27.2. The van der Waals surface area contributed by atoms with Gasteiger partial charge < -0.3 is 0 Å². The van der Waals surface area contributed by atoms with Gasteiger partial charge in [0.05, 0.1) is 0 Å². The highest BCUT2D eigenvalue weighted by molar-refractivity contribution is 5.96. The molecule has 234 valence electrons. The molecule has 9 aromatic rings. The molecule has 50 heavy (non-hydrogen) atoms. The largest absolute Gasteiger partial charge is 0.208 e. The summed E-state index contributed by atoms with van der Waals surface area (Å²) in [6.45, 7) is 0. The summed E-state index contributed by atoms with van der Waals surface area (Å²) >= 11 is 0. The average molecular weight is 638 g/mol. The lowest BCUT2D eigenvalue weighted by atomic mass is 9.90. The molecule has 0 saturated heterocycles. The van der Waals surface area contributed by atoms with E-state index in [4.69, 9.17) is 15.0 Å². The van der Waals surface area contributed by atoms with E-state index in [1.54, 1.807) is 0 Å². The van der Waals surface area contributed by atoms with Crippen molar-refractivity contribution in [2.24, 2.45) is 0 Å². The maximum absolute atomic E-state index is 5.16. The van der Waals surface area contributed by atoms with Gasteiger partial charge in [-0.2, -0.15) is 0 Å². The number of nitrogens with zero attached hydrogens (tertiary/aromatic N) is 3. The van der Waals surface area contributed by atoms with Crippen molar-refractivity contribution in [1.29, 1.82) is 0 Å². The van der Waals surface area contributed by atoms with E-state index in [9.17, 15) is 0 Å². The molecule has 0 amide bonds. The Bertz CT molecular complexity index is 2640. The van der Waals surface area contributed by atoms with Crippen LogP contribution in [0.2, 0.25) is 0 Å². The number of hydrogen-bond acceptors (Lipinski definition) is 3. The Morgan fingerprint density at radius 2 is 0.800 bits per heavy atom. The van der Waals surface area contributed by atoms with E-state index in [0.29, 0.717) is 17.5 Å². The normalized spacial score (nSPS) is 11.2. The lowest BCUT2D eigenvalue weighted by Crippen LogP contribution is -2.01. The summed E-state index contributed by atoms with van der Waals surface area (Å²) in [5, 5.41) is 4.58. The van der Waals surface area contributed by atoms with Gasteiger partial charge in [-0.3, -0.25) is 0 Å². The van der Waals surface area contributed by atoms with Crippen molar-refractivity contribution in [3.8, 4) is 67.5 Å². The van der Waals surface area contributed by atoms with Crippen LogP contribution in [0.25, 0.3) is 89.1 Å². The maximum Gasteiger partial charge on any atom is 0.164 e. The molecule has 0 unspecified atom stereocenters. The van der Waals surface area contributed by atoms with Crippen LogP contribution in [0.5, 0.6) is 0 Å². The maximum atomic E-state index is 5.16. The first-order valence-electron chi connectivity index (χ1n) is 16.9. The van der Waals surface area contributed by atoms with E-state index in [2.05, 4.69) is 188 Å². The first-order chi connectivity index (χ1) is 24.8. The molecule has 1 heterocycles. The van der Waals surface area contributed by atoms with Gasteiger partial charge in [-0.05, 0) is 73.1 Å². The van der Waals surface area contributed by atoms with Crippen LogP contribution < -0.4 is 0 Å². The fraction of sp³-hybridized carbons (Fsp3) is 0. The van der Waals surface area contributed by atoms with Gasteiger partial charge in [0.15, 0.2) is 17.5 Å². The summed E-state index contributed by atoms with van der Waals surface area (Å²) in [5.74, 6) is 1.93. The lowest BCUT2D eigenvalue weighted by molar-refractivity contribution is 1.08. The molecule has 0 atom stereocenters. The van der Waals surface area contributed by atoms with Crippen LogP contribution in [0.1, 0.15) is 0 Å². The summed E-state index contributed by atoms with van der Waals surface area (Å²) < 4.78 is 0. The molecule has 0 aliphatic carbocycles. The summed E-state index contributed by atoms with van der Waals surface area (Å²) in [7, 11) is 0. The third-order valence-electron chi connectivity index (χ3n) is 9.32. The quantitative estimate of drug-likeness (QED) is 0.182. The topological polar surface area (TPSA) is 38.7 Å². The summed E-state index contributed by atoms with van der Waals surface area (Å²) in [6.07, 6.45) is 0. The predicted octanol–water partition coefficient (Wildman–Crippen LogP) is 12.2. The van der Waals surface area contributed by atoms with Crippen molar-refractivity contribution in [3.63, 3.8) is 0 Å². The Morgan fingerprint density at radius 1 is 0.240 bits per heavy atom. The minimum Gasteiger partial charge on any atom is -0.208 e. The van der Waals surface area contributed by atoms with E-state index in [-0.39, 0.29) is 0 Å².